The molecule has 8 nitrogen and oxygen atoms in total. The van der Waals surface area contributed by atoms with Gasteiger partial charge in [0.1, 0.15) is 24.6 Å². The summed E-state index contributed by atoms with van der Waals surface area (Å²) in [6, 6.07) is 5.79. The van der Waals surface area contributed by atoms with E-state index >= 15 is 0 Å². The van der Waals surface area contributed by atoms with Crippen LogP contribution in [0.4, 0.5) is 5.69 Å². The van der Waals surface area contributed by atoms with E-state index in [0.717, 1.165) is 24.2 Å². The van der Waals surface area contributed by atoms with Gasteiger partial charge in [0.25, 0.3) is 0 Å². The van der Waals surface area contributed by atoms with Gasteiger partial charge in [-0.1, -0.05) is 19.3 Å². The lowest BCUT2D eigenvalue weighted by atomic mass is 9.84. The molecule has 1 saturated heterocycles. The normalized spacial score (nSPS) is 27.7. The summed E-state index contributed by atoms with van der Waals surface area (Å²) < 4.78 is 17.0. The number of methoxy groups -OCH3 is 1. The summed E-state index contributed by atoms with van der Waals surface area (Å²) in [6.45, 7) is -0.189. The van der Waals surface area contributed by atoms with Crippen molar-refractivity contribution < 1.29 is 28.9 Å². The zero-order chi connectivity index (χ0) is 21.8. The molecule has 3 N–H and O–H groups in total. The van der Waals surface area contributed by atoms with E-state index in [4.69, 9.17) is 14.2 Å². The van der Waals surface area contributed by atoms with Gasteiger partial charge >= 0.3 is 0 Å². The molecule has 4 atom stereocenters. The zero-order valence-corrected chi connectivity index (χ0v) is 18.0. The molecule has 31 heavy (non-hydrogen) atoms. The van der Waals surface area contributed by atoms with Gasteiger partial charge in [0.05, 0.1) is 19.1 Å². The van der Waals surface area contributed by atoms with Gasteiger partial charge in [-0.25, -0.2) is 0 Å². The third-order valence-electron chi connectivity index (χ3n) is 6.44. The highest BCUT2D eigenvalue weighted by Crippen LogP contribution is 2.47. The summed E-state index contributed by atoms with van der Waals surface area (Å²) in [6.07, 6.45) is 5.47. The largest absolute Gasteiger partial charge is 0.487 e. The Labute approximate surface area is 182 Å². The van der Waals surface area contributed by atoms with Crippen LogP contribution in [0.25, 0.3) is 0 Å². The molecule has 0 radical (unpaired) electrons. The first-order chi connectivity index (χ1) is 15.1. The van der Waals surface area contributed by atoms with E-state index in [1.807, 2.05) is 12.1 Å². The average molecular weight is 433 g/mol. The Hall–Kier alpha value is -2.16. The minimum atomic E-state index is -0.495. The molecule has 3 aliphatic rings. The first-order valence-corrected chi connectivity index (χ1v) is 11.2. The lowest BCUT2D eigenvalue weighted by Gasteiger charge is -2.37. The molecule has 1 aliphatic carbocycles. The van der Waals surface area contributed by atoms with Crippen LogP contribution in [0.5, 0.6) is 5.75 Å². The fourth-order valence-corrected chi connectivity index (χ4v) is 5.04. The fourth-order valence-electron chi connectivity index (χ4n) is 5.04. The minimum absolute atomic E-state index is 0.00626. The van der Waals surface area contributed by atoms with Crippen LogP contribution in [0.2, 0.25) is 0 Å². The van der Waals surface area contributed by atoms with Crippen LogP contribution in [0.3, 0.4) is 0 Å². The van der Waals surface area contributed by atoms with Crippen molar-refractivity contribution in [3.8, 4) is 5.75 Å². The van der Waals surface area contributed by atoms with E-state index in [1.54, 1.807) is 6.07 Å². The molecular weight excluding hydrogens is 400 g/mol. The predicted molar refractivity (Wildman–Crippen MR) is 114 cm³/mol. The number of anilines is 1. The highest BCUT2D eigenvalue weighted by molar-refractivity contribution is 5.92. The molecule has 1 saturated carbocycles. The number of nitrogens with one attached hydrogen (secondary N) is 2. The summed E-state index contributed by atoms with van der Waals surface area (Å²) in [7, 11) is 1.47. The van der Waals surface area contributed by atoms with Crippen LogP contribution in [0.15, 0.2) is 18.2 Å². The van der Waals surface area contributed by atoms with Gasteiger partial charge in [-0.2, -0.15) is 0 Å². The van der Waals surface area contributed by atoms with Crippen LogP contribution in [0.1, 0.15) is 56.4 Å². The van der Waals surface area contributed by atoms with Crippen molar-refractivity contribution in [1.29, 1.82) is 0 Å². The fraction of sp³-hybridized carbons (Fsp3) is 0.652. The van der Waals surface area contributed by atoms with Crippen LogP contribution in [-0.2, 0) is 19.1 Å². The molecular formula is C23H32N2O6. The summed E-state index contributed by atoms with van der Waals surface area (Å²) in [4.78, 5) is 24.5. The summed E-state index contributed by atoms with van der Waals surface area (Å²) in [5.41, 5.74) is 1.64. The number of fused-ring (bicyclic) bond motifs is 3. The standard InChI is InChI=1S/C23H32N2O6/c1-29-13-22(28)25-15-7-8-19-17(9-15)18-10-16(30-20(12-26)23(18)31-19)11-21(27)24-14-5-3-2-4-6-14/h7-9,14,16,18,20,23,26H,2-6,10-13H2,1H3,(H,24,27)(H,25,28)/t16-,18+,20+,23-/m1/s1. The molecule has 170 valence electrons. The van der Waals surface area contributed by atoms with Gasteiger partial charge < -0.3 is 30.0 Å². The number of ether oxygens (including phenoxy) is 3. The van der Waals surface area contributed by atoms with Gasteiger partial charge in [-0.05, 0) is 37.5 Å². The Morgan fingerprint density at radius 1 is 1.19 bits per heavy atom. The van der Waals surface area contributed by atoms with Crippen molar-refractivity contribution in [1.82, 2.24) is 5.32 Å². The Morgan fingerprint density at radius 3 is 2.74 bits per heavy atom. The maximum Gasteiger partial charge on any atom is 0.250 e. The van der Waals surface area contributed by atoms with E-state index in [-0.39, 0.29) is 55.6 Å². The van der Waals surface area contributed by atoms with E-state index in [9.17, 15) is 14.7 Å². The van der Waals surface area contributed by atoms with Gasteiger partial charge in [0, 0.05) is 30.3 Å². The second-order valence-electron chi connectivity index (χ2n) is 8.74. The van der Waals surface area contributed by atoms with Crippen molar-refractivity contribution in [2.45, 2.75) is 75.2 Å². The molecule has 2 heterocycles. The second-order valence-corrected chi connectivity index (χ2v) is 8.74. The smallest absolute Gasteiger partial charge is 0.250 e. The number of aliphatic hydroxyl groups is 1. The molecule has 1 aromatic carbocycles. The molecule has 4 rings (SSSR count). The topological polar surface area (TPSA) is 106 Å². The third kappa shape index (κ3) is 5.19. The minimum Gasteiger partial charge on any atom is -0.487 e. The van der Waals surface area contributed by atoms with Gasteiger partial charge in [0.2, 0.25) is 11.8 Å². The predicted octanol–water partition coefficient (Wildman–Crippen LogP) is 2.10. The first kappa shape index (κ1) is 22.0. The maximum absolute atomic E-state index is 12.6. The first-order valence-electron chi connectivity index (χ1n) is 11.2. The van der Waals surface area contributed by atoms with Crippen molar-refractivity contribution >= 4 is 17.5 Å². The number of benzene rings is 1. The number of amides is 2. The number of hydrogen-bond donors (Lipinski definition) is 3. The Balaban J connectivity index is 1.43. The molecule has 0 bridgehead atoms. The number of carbonyl (C=O) groups excluding carboxylic acids is 2. The van der Waals surface area contributed by atoms with Crippen molar-refractivity contribution in [3.05, 3.63) is 23.8 Å². The van der Waals surface area contributed by atoms with Crippen LogP contribution < -0.4 is 15.4 Å². The van der Waals surface area contributed by atoms with E-state index < -0.39 is 6.10 Å². The monoisotopic (exact) mass is 432 g/mol. The highest BCUT2D eigenvalue weighted by Gasteiger charge is 2.46. The van der Waals surface area contributed by atoms with E-state index in [1.165, 1.54) is 26.4 Å². The number of hydrogen-bond acceptors (Lipinski definition) is 6. The molecule has 2 fully saturated rings. The van der Waals surface area contributed by atoms with Gasteiger partial charge in [0.15, 0.2) is 0 Å². The average Bonchev–Trinajstić information content (AvgIpc) is 3.12. The summed E-state index contributed by atoms with van der Waals surface area (Å²) in [5, 5.41) is 15.9. The lowest BCUT2D eigenvalue weighted by Crippen LogP contribution is -2.48. The van der Waals surface area contributed by atoms with Crippen molar-refractivity contribution in [2.24, 2.45) is 0 Å². The molecule has 2 aliphatic heterocycles. The van der Waals surface area contributed by atoms with Gasteiger partial charge in [-0.3, -0.25) is 9.59 Å². The molecule has 2 amide bonds. The summed E-state index contributed by atoms with van der Waals surface area (Å²) >= 11 is 0. The Kier molecular flexibility index (Phi) is 7.09. The quantitative estimate of drug-likeness (QED) is 0.609. The number of carbonyl (C=O) groups is 2. The number of rotatable bonds is 7. The lowest BCUT2D eigenvalue weighted by molar-refractivity contribution is -0.142. The maximum atomic E-state index is 12.6. The van der Waals surface area contributed by atoms with Crippen LogP contribution in [0, 0.1) is 0 Å². The molecule has 1 aromatic rings. The van der Waals surface area contributed by atoms with E-state index in [2.05, 4.69) is 10.6 Å². The second kappa shape index (κ2) is 9.97. The summed E-state index contributed by atoms with van der Waals surface area (Å²) in [5.74, 6) is 0.504. The molecule has 0 aromatic heterocycles. The van der Waals surface area contributed by atoms with Crippen LogP contribution in [-0.4, -0.2) is 61.6 Å². The number of aliphatic hydroxyl groups excluding tert-OH is 1. The van der Waals surface area contributed by atoms with Gasteiger partial charge in [-0.15, -0.1) is 0 Å². The van der Waals surface area contributed by atoms with Crippen LogP contribution >= 0.6 is 0 Å². The molecule has 0 spiro atoms. The molecule has 8 heteroatoms. The third-order valence-corrected chi connectivity index (χ3v) is 6.44. The van der Waals surface area contributed by atoms with Crippen molar-refractivity contribution in [2.75, 3.05) is 25.6 Å². The Morgan fingerprint density at radius 2 is 2.00 bits per heavy atom. The van der Waals surface area contributed by atoms with Crippen molar-refractivity contribution in [3.63, 3.8) is 0 Å². The zero-order valence-electron chi connectivity index (χ0n) is 18.0. The molecule has 0 unspecified atom stereocenters. The Bertz CT molecular complexity index is 794. The highest BCUT2D eigenvalue weighted by atomic mass is 16.6. The van der Waals surface area contributed by atoms with E-state index in [0.29, 0.717) is 12.1 Å². The SMILES string of the molecule is COCC(=O)Nc1ccc2c(c1)[C@@H]1C[C@H](CC(=O)NC3CCCCC3)O[C@@H](CO)[C@@H]1O2.